The van der Waals surface area contributed by atoms with Gasteiger partial charge in [-0.15, -0.1) is 11.3 Å². The fourth-order valence-corrected chi connectivity index (χ4v) is 18.1. The highest BCUT2D eigenvalue weighted by Gasteiger charge is 2.41. The van der Waals surface area contributed by atoms with Crippen LogP contribution in [0.2, 0.25) is 0 Å². The summed E-state index contributed by atoms with van der Waals surface area (Å²) in [5.74, 6) is 0. The summed E-state index contributed by atoms with van der Waals surface area (Å²) in [4.78, 5) is 0. The normalized spacial score (nSPS) is 11.9. The molecule has 0 aliphatic rings. The van der Waals surface area contributed by atoms with E-state index in [1.165, 1.54) is 140 Å². The van der Waals surface area contributed by atoms with Crippen molar-refractivity contribution in [1.29, 1.82) is 0 Å². The maximum Gasteiger partial charge on any atom is 0.179 e. The van der Waals surface area contributed by atoms with Crippen molar-refractivity contribution in [2.24, 2.45) is 0 Å². The minimum Gasteiger partial charge on any atom is -0.134 e. The molecule has 0 radical (unpaired) electrons. The number of rotatable bonds is 8. The zero-order valence-electron chi connectivity index (χ0n) is 41.0. The Morgan fingerprint density at radius 2 is 0.569 bits per heavy atom. The van der Waals surface area contributed by atoms with Gasteiger partial charge in [-0.25, -0.2) is 0 Å². The Morgan fingerprint density at radius 1 is 0.236 bits per heavy atom. The molecule has 342 valence electrons. The number of fused-ring (bicyclic) bond motifs is 9. The fourth-order valence-electron chi connectivity index (χ4n) is 12.1. The van der Waals surface area contributed by atoms with Crippen molar-refractivity contribution < 1.29 is 0 Å². The molecule has 0 nitrogen and oxygen atoms in total. The van der Waals surface area contributed by atoms with E-state index in [9.17, 15) is 0 Å². The summed E-state index contributed by atoms with van der Waals surface area (Å²) in [5, 5.41) is 15.8. The molecule has 1 aromatic heterocycles. The highest BCUT2D eigenvalue weighted by Crippen LogP contribution is 2.48. The monoisotopic (exact) mass is 952 g/mol. The van der Waals surface area contributed by atoms with Gasteiger partial charge >= 0.3 is 0 Å². The zero-order chi connectivity index (χ0) is 48.5. The summed E-state index contributed by atoms with van der Waals surface area (Å²) >= 11 is 1.95. The van der Waals surface area contributed by atoms with Crippen molar-refractivity contribution in [3.8, 4) is 44.5 Å². The maximum atomic E-state index is 2.49. The van der Waals surface area contributed by atoms with Crippen LogP contribution in [0.15, 0.2) is 243 Å². The predicted octanol–water partition coefficient (Wildman–Crippen LogP) is 16.8. The van der Waals surface area contributed by atoms with Gasteiger partial charge in [0, 0.05) is 31.3 Å². The van der Waals surface area contributed by atoms with Crippen LogP contribution in [0, 0.1) is 27.7 Å². The number of benzene rings is 12. The van der Waals surface area contributed by atoms with Crippen molar-refractivity contribution >= 4 is 92.6 Å². The third-order valence-corrected chi connectivity index (χ3v) is 21.2. The molecule has 0 aliphatic carbocycles. The molecule has 0 unspecified atom stereocenters. The molecular weight excluding hydrogens is 901 g/mol. The van der Waals surface area contributed by atoms with Crippen molar-refractivity contribution in [3.63, 3.8) is 0 Å². The molecule has 13 rings (SSSR count). The van der Waals surface area contributed by atoms with Crippen LogP contribution in [-0.4, -0.2) is 8.07 Å². The van der Waals surface area contributed by atoms with Crippen molar-refractivity contribution in [1.82, 2.24) is 0 Å². The van der Waals surface area contributed by atoms with Crippen LogP contribution in [0.3, 0.4) is 0 Å². The lowest BCUT2D eigenvalue weighted by Crippen LogP contribution is -2.74. The lowest BCUT2D eigenvalue weighted by Gasteiger charge is -2.34. The summed E-state index contributed by atoms with van der Waals surface area (Å²) in [6.07, 6.45) is 0. The van der Waals surface area contributed by atoms with Gasteiger partial charge in [0.1, 0.15) is 0 Å². The van der Waals surface area contributed by atoms with Crippen LogP contribution >= 0.6 is 11.3 Å². The Kier molecular flexibility index (Phi) is 10.7. The molecular formula is C70H52SSi. The summed E-state index contributed by atoms with van der Waals surface area (Å²) < 4.78 is 2.64. The minimum atomic E-state index is -2.70. The second-order valence-electron chi connectivity index (χ2n) is 19.9. The van der Waals surface area contributed by atoms with Gasteiger partial charge in [-0.3, -0.25) is 0 Å². The zero-order valence-corrected chi connectivity index (χ0v) is 42.8. The Labute approximate surface area is 427 Å². The van der Waals surface area contributed by atoms with E-state index in [0.717, 1.165) is 0 Å². The van der Waals surface area contributed by atoms with Gasteiger partial charge in [0.25, 0.3) is 0 Å². The first-order valence-electron chi connectivity index (χ1n) is 25.1. The maximum absolute atomic E-state index is 2.70. The number of hydrogen-bond donors (Lipinski definition) is 0. The van der Waals surface area contributed by atoms with E-state index in [-0.39, 0.29) is 0 Å². The molecule has 72 heavy (non-hydrogen) atoms. The molecule has 2 heteroatoms. The smallest absolute Gasteiger partial charge is 0.134 e. The minimum absolute atomic E-state index is 1.21. The van der Waals surface area contributed by atoms with Crippen LogP contribution in [0.1, 0.15) is 22.3 Å². The molecule has 1 heterocycles. The molecule has 0 saturated carbocycles. The predicted molar refractivity (Wildman–Crippen MR) is 316 cm³/mol. The van der Waals surface area contributed by atoms with Crippen LogP contribution < -0.4 is 20.7 Å². The number of aryl methyl sites for hydroxylation is 4. The van der Waals surface area contributed by atoms with Crippen LogP contribution in [-0.2, 0) is 0 Å². The van der Waals surface area contributed by atoms with E-state index >= 15 is 0 Å². The molecule has 12 aromatic carbocycles. The van der Waals surface area contributed by atoms with Gasteiger partial charge in [-0.2, -0.15) is 0 Å². The first kappa shape index (κ1) is 43.8. The van der Waals surface area contributed by atoms with Gasteiger partial charge in [0.2, 0.25) is 0 Å². The largest absolute Gasteiger partial charge is 0.179 e. The molecule has 0 aliphatic heterocycles. The lowest BCUT2D eigenvalue weighted by molar-refractivity contribution is 1.39. The third-order valence-electron chi connectivity index (χ3n) is 15.1. The van der Waals surface area contributed by atoms with E-state index < -0.39 is 8.07 Å². The van der Waals surface area contributed by atoms with Gasteiger partial charge in [-0.1, -0.05) is 235 Å². The Bertz CT molecular complexity index is 4050. The standard InChI is InChI=1S/C70H52SSi/c1-45-34-46(2)37-53(36-45)64-41-51(49-28-31-58(32-29-49)72(55-18-8-5-9-19-55,56-20-10-6-11-21-56)57-22-12-7-13-23-57)43-67-68-44-52(42-65(70(68)71-69(64)67)54-38-47(3)35-48(4)39-54)50-30-33-63-61-26-15-14-24-59(61)60-25-16-17-27-62(60)66(63)40-50/h5-44H,1-4H3. The van der Waals surface area contributed by atoms with Crippen molar-refractivity contribution in [2.45, 2.75) is 27.7 Å². The average Bonchev–Trinajstić information content (AvgIpc) is 3.80. The molecule has 0 bridgehead atoms. The quantitative estimate of drug-likeness (QED) is 0.0809. The molecule has 0 N–H and O–H groups in total. The highest BCUT2D eigenvalue weighted by atomic mass is 32.1. The Morgan fingerprint density at radius 3 is 1.00 bits per heavy atom. The van der Waals surface area contributed by atoms with Gasteiger partial charge in [0.05, 0.1) is 0 Å². The Hall–Kier alpha value is -8.14. The van der Waals surface area contributed by atoms with Gasteiger partial charge in [0.15, 0.2) is 8.07 Å². The number of hydrogen-bond acceptors (Lipinski definition) is 1. The summed E-state index contributed by atoms with van der Waals surface area (Å²) in [6.45, 7) is 8.90. The van der Waals surface area contributed by atoms with E-state index in [2.05, 4.69) is 270 Å². The summed E-state index contributed by atoms with van der Waals surface area (Å²) in [6, 6.07) is 92.2. The van der Waals surface area contributed by atoms with Crippen LogP contribution in [0.25, 0.3) is 97.0 Å². The first-order chi connectivity index (χ1) is 35.3. The third kappa shape index (κ3) is 7.32. The van der Waals surface area contributed by atoms with Crippen LogP contribution in [0.4, 0.5) is 0 Å². The van der Waals surface area contributed by atoms with Crippen LogP contribution in [0.5, 0.6) is 0 Å². The highest BCUT2D eigenvalue weighted by molar-refractivity contribution is 7.27. The van der Waals surface area contributed by atoms with E-state index in [0.29, 0.717) is 0 Å². The molecule has 13 aromatic rings. The second-order valence-corrected chi connectivity index (χ2v) is 24.8. The molecule has 0 amide bonds. The average molecular weight is 953 g/mol. The summed E-state index contributed by atoms with van der Waals surface area (Å²) in [7, 11) is -2.70. The Balaban J connectivity index is 1.07. The van der Waals surface area contributed by atoms with Crippen molar-refractivity contribution in [3.05, 3.63) is 265 Å². The van der Waals surface area contributed by atoms with E-state index in [1.807, 2.05) is 11.3 Å². The molecule has 0 spiro atoms. The van der Waals surface area contributed by atoms with Crippen molar-refractivity contribution in [2.75, 3.05) is 0 Å². The number of thiophene rings is 1. The molecule has 0 saturated heterocycles. The topological polar surface area (TPSA) is 0 Å². The molecule has 0 fully saturated rings. The summed E-state index contributed by atoms with van der Waals surface area (Å²) in [5.41, 5.74) is 15.0. The lowest BCUT2D eigenvalue weighted by atomic mass is 9.90. The van der Waals surface area contributed by atoms with Gasteiger partial charge in [-0.05, 0) is 144 Å². The second kappa shape index (κ2) is 17.6. The van der Waals surface area contributed by atoms with Gasteiger partial charge < -0.3 is 0 Å². The SMILES string of the molecule is Cc1cc(C)cc(-c2cc(-c3ccc([Si](c4ccccc4)(c4ccccc4)c4ccccc4)cc3)cc3c2sc2c(-c4cc(C)cc(C)c4)cc(-c4ccc5c6ccccc6c6ccccc6c5c4)cc23)c1. The fraction of sp³-hybridized carbons (Fsp3) is 0.0571. The van der Waals surface area contributed by atoms with E-state index in [1.54, 1.807) is 0 Å². The van der Waals surface area contributed by atoms with E-state index in [4.69, 9.17) is 0 Å². The molecule has 0 atom stereocenters. The first-order valence-corrected chi connectivity index (χ1v) is 27.9.